The zero-order chi connectivity index (χ0) is 26.5. The summed E-state index contributed by atoms with van der Waals surface area (Å²) in [7, 11) is 0. The number of nitro groups is 2. The summed E-state index contributed by atoms with van der Waals surface area (Å²) >= 11 is 0. The third-order valence-electron chi connectivity index (χ3n) is 5.44. The van der Waals surface area contributed by atoms with Gasteiger partial charge >= 0.3 is 5.69 Å². The van der Waals surface area contributed by atoms with Crippen molar-refractivity contribution >= 4 is 41.1 Å². The van der Waals surface area contributed by atoms with Crippen LogP contribution in [0.5, 0.6) is 5.75 Å². The fourth-order valence-electron chi connectivity index (χ4n) is 3.49. The van der Waals surface area contributed by atoms with E-state index in [1.165, 1.54) is 0 Å². The van der Waals surface area contributed by atoms with Crippen molar-refractivity contribution in [3.05, 3.63) is 67.3 Å². The summed E-state index contributed by atoms with van der Waals surface area (Å²) in [4.78, 5) is 35.8. The van der Waals surface area contributed by atoms with Crippen LogP contribution < -0.4 is 15.6 Å². The van der Waals surface area contributed by atoms with Crippen molar-refractivity contribution in [1.82, 2.24) is 15.0 Å². The van der Waals surface area contributed by atoms with Gasteiger partial charge in [0, 0.05) is 24.8 Å². The van der Waals surface area contributed by atoms with Gasteiger partial charge < -0.3 is 20.1 Å². The number of aryl methyl sites for hydroxylation is 2. The number of phenolic OH excluding ortho intramolecular Hbond substituents is 1. The van der Waals surface area contributed by atoms with Crippen molar-refractivity contribution in [3.8, 4) is 5.75 Å². The second kappa shape index (κ2) is 10.8. The Morgan fingerprint density at radius 1 is 1.05 bits per heavy atom. The largest absolute Gasteiger partial charge is 0.502 e. The maximum absolute atomic E-state index is 11.2. The molecular formula is C22H23N9O6. The van der Waals surface area contributed by atoms with E-state index in [9.17, 15) is 25.3 Å². The number of rotatable bonds is 8. The van der Waals surface area contributed by atoms with Gasteiger partial charge in [0.05, 0.1) is 40.9 Å². The fraction of sp³-hybridized carbons (Fsp3) is 0.273. The van der Waals surface area contributed by atoms with E-state index in [2.05, 4.69) is 30.8 Å². The van der Waals surface area contributed by atoms with Gasteiger partial charge in [0.1, 0.15) is 0 Å². The van der Waals surface area contributed by atoms with Gasteiger partial charge in [-0.05, 0) is 31.0 Å². The van der Waals surface area contributed by atoms with E-state index in [4.69, 9.17) is 4.74 Å². The number of aromatic nitrogens is 3. The minimum atomic E-state index is -0.918. The normalized spacial score (nSPS) is 13.5. The Bertz CT molecular complexity index is 1370. The van der Waals surface area contributed by atoms with Crippen LogP contribution in [-0.2, 0) is 4.74 Å². The number of anilines is 4. The Labute approximate surface area is 210 Å². The van der Waals surface area contributed by atoms with Gasteiger partial charge in [0.2, 0.25) is 23.6 Å². The number of hydrogen-bond donors (Lipinski definition) is 3. The van der Waals surface area contributed by atoms with Crippen LogP contribution in [0.15, 0.2) is 35.4 Å². The lowest BCUT2D eigenvalue weighted by Gasteiger charge is -2.27. The Hall–Kier alpha value is -4.92. The molecule has 4 rings (SSSR count). The predicted octanol–water partition coefficient (Wildman–Crippen LogP) is 3.04. The maximum Gasteiger partial charge on any atom is 0.318 e. The summed E-state index contributed by atoms with van der Waals surface area (Å²) in [5.41, 5.74) is 3.83. The average molecular weight is 509 g/mol. The standard InChI is InChI=1S/C22H23N9O6/c1-13-3-4-14(2)17(9-13)24-20-25-21(27-22(26-20)29-5-7-37-8-6-29)28-23-12-15-10-16(30(33)34)11-18(19(15)32)31(35)36/h3-4,9-12,32H,5-8H2,1-2H3,(H2,24,25,26,27,28). The van der Waals surface area contributed by atoms with Gasteiger partial charge in [-0.25, -0.2) is 5.43 Å². The quantitative estimate of drug-likeness (QED) is 0.228. The molecule has 3 N–H and O–H groups in total. The molecule has 0 aliphatic carbocycles. The Morgan fingerprint density at radius 3 is 2.49 bits per heavy atom. The van der Waals surface area contributed by atoms with Gasteiger partial charge in [0.25, 0.3) is 5.69 Å². The molecule has 0 saturated carbocycles. The Kier molecular flexibility index (Phi) is 7.34. The molecule has 0 amide bonds. The topological polar surface area (TPSA) is 194 Å². The number of nitrogens with zero attached hydrogens (tertiary/aromatic N) is 7. The average Bonchev–Trinajstić information content (AvgIpc) is 2.87. The third-order valence-corrected chi connectivity index (χ3v) is 5.44. The van der Waals surface area contributed by atoms with Crippen molar-refractivity contribution in [2.45, 2.75) is 13.8 Å². The number of hydrogen-bond acceptors (Lipinski definition) is 13. The van der Waals surface area contributed by atoms with Crippen LogP contribution in [0.3, 0.4) is 0 Å². The van der Waals surface area contributed by atoms with Gasteiger partial charge in [-0.3, -0.25) is 20.2 Å². The van der Waals surface area contributed by atoms with Crippen LogP contribution in [0.1, 0.15) is 16.7 Å². The summed E-state index contributed by atoms with van der Waals surface area (Å²) in [5, 5.41) is 39.6. The molecular weight excluding hydrogens is 486 g/mol. The second-order valence-corrected chi connectivity index (χ2v) is 8.11. The Morgan fingerprint density at radius 2 is 1.78 bits per heavy atom. The van der Waals surface area contributed by atoms with Crippen molar-refractivity contribution in [3.63, 3.8) is 0 Å². The zero-order valence-corrected chi connectivity index (χ0v) is 19.9. The van der Waals surface area contributed by atoms with Crippen LogP contribution in [0.25, 0.3) is 0 Å². The molecule has 192 valence electrons. The number of benzene rings is 2. The first-order valence-corrected chi connectivity index (χ1v) is 11.1. The molecule has 0 bridgehead atoms. The molecule has 0 unspecified atom stereocenters. The molecule has 15 nitrogen and oxygen atoms in total. The van der Waals surface area contributed by atoms with Crippen LogP contribution in [0.4, 0.5) is 34.9 Å². The molecule has 1 saturated heterocycles. The molecule has 37 heavy (non-hydrogen) atoms. The van der Waals surface area contributed by atoms with Gasteiger partial charge in [-0.1, -0.05) is 12.1 Å². The number of phenols is 1. The molecule has 15 heteroatoms. The highest BCUT2D eigenvalue weighted by Gasteiger charge is 2.23. The van der Waals surface area contributed by atoms with E-state index >= 15 is 0 Å². The van der Waals surface area contributed by atoms with Gasteiger partial charge in [0.15, 0.2) is 0 Å². The summed E-state index contributed by atoms with van der Waals surface area (Å²) in [5.74, 6) is -0.0996. The highest BCUT2D eigenvalue weighted by Crippen LogP contribution is 2.33. The highest BCUT2D eigenvalue weighted by molar-refractivity contribution is 5.87. The van der Waals surface area contributed by atoms with E-state index in [1.807, 2.05) is 36.9 Å². The molecule has 2 heterocycles. The van der Waals surface area contributed by atoms with E-state index < -0.39 is 27.0 Å². The van der Waals surface area contributed by atoms with Gasteiger partial charge in [-0.2, -0.15) is 20.1 Å². The molecule has 1 aliphatic heterocycles. The second-order valence-electron chi connectivity index (χ2n) is 8.11. The van der Waals surface area contributed by atoms with E-state index in [0.717, 1.165) is 29.1 Å². The first-order valence-electron chi connectivity index (χ1n) is 11.1. The maximum atomic E-state index is 11.2. The van der Waals surface area contributed by atoms with Crippen molar-refractivity contribution < 1.29 is 19.7 Å². The summed E-state index contributed by atoms with van der Waals surface area (Å²) < 4.78 is 5.40. The number of ether oxygens (including phenoxy) is 1. The molecule has 1 aromatic heterocycles. The Balaban J connectivity index is 1.65. The van der Waals surface area contributed by atoms with Crippen molar-refractivity contribution in [2.75, 3.05) is 41.9 Å². The number of non-ortho nitro benzene ring substituents is 1. The van der Waals surface area contributed by atoms with Crippen LogP contribution in [-0.4, -0.2) is 62.4 Å². The molecule has 0 atom stereocenters. The van der Waals surface area contributed by atoms with Crippen molar-refractivity contribution in [2.24, 2.45) is 5.10 Å². The minimum Gasteiger partial charge on any atom is -0.502 e. The summed E-state index contributed by atoms with van der Waals surface area (Å²) in [6.07, 6.45) is 1.01. The third kappa shape index (κ3) is 6.02. The van der Waals surface area contributed by atoms with Crippen molar-refractivity contribution in [1.29, 1.82) is 0 Å². The molecule has 1 aliphatic rings. The SMILES string of the molecule is Cc1ccc(C)c(Nc2nc(NN=Cc3cc([N+](=O)[O-])cc([N+](=O)[O-])c3O)nc(N3CCOCC3)n2)c1. The predicted molar refractivity (Wildman–Crippen MR) is 135 cm³/mol. The minimum absolute atomic E-state index is 0.0416. The smallest absolute Gasteiger partial charge is 0.318 e. The monoisotopic (exact) mass is 509 g/mol. The molecule has 0 spiro atoms. The first-order chi connectivity index (χ1) is 17.7. The lowest BCUT2D eigenvalue weighted by atomic mass is 10.1. The number of aromatic hydroxyl groups is 1. The first kappa shape index (κ1) is 25.2. The van der Waals surface area contributed by atoms with Crippen LogP contribution in [0, 0.1) is 34.1 Å². The fourth-order valence-corrected chi connectivity index (χ4v) is 3.49. The van der Waals surface area contributed by atoms with E-state index in [0.29, 0.717) is 38.3 Å². The highest BCUT2D eigenvalue weighted by atomic mass is 16.6. The lowest BCUT2D eigenvalue weighted by molar-refractivity contribution is -0.394. The molecule has 1 fully saturated rings. The molecule has 3 aromatic rings. The number of morpholine rings is 1. The van der Waals surface area contributed by atoms with E-state index in [-0.39, 0.29) is 17.5 Å². The number of nitrogens with one attached hydrogen (secondary N) is 2. The van der Waals surface area contributed by atoms with Crippen LogP contribution in [0.2, 0.25) is 0 Å². The molecule has 0 radical (unpaired) electrons. The summed E-state index contributed by atoms with van der Waals surface area (Å²) in [6, 6.07) is 7.55. The van der Waals surface area contributed by atoms with E-state index in [1.54, 1.807) is 0 Å². The zero-order valence-electron chi connectivity index (χ0n) is 19.9. The van der Waals surface area contributed by atoms with Crippen LogP contribution >= 0.6 is 0 Å². The summed E-state index contributed by atoms with van der Waals surface area (Å²) in [6.45, 7) is 6.07. The number of hydrazone groups is 1. The number of nitro benzene ring substituents is 2. The van der Waals surface area contributed by atoms with Gasteiger partial charge in [-0.15, -0.1) is 0 Å². The lowest BCUT2D eigenvalue weighted by Crippen LogP contribution is -2.37. The molecule has 2 aromatic carbocycles.